The quantitative estimate of drug-likeness (QED) is 0.764. The number of anilines is 1. The molecule has 6 heteroatoms. The topological polar surface area (TPSA) is 75.4 Å². The Hall–Kier alpha value is -2.89. The number of amides is 1. The molecular formula is C23H29N3O3. The molecule has 0 spiro atoms. The van der Waals surface area contributed by atoms with E-state index in [0.29, 0.717) is 5.92 Å². The first-order valence-electron chi connectivity index (χ1n) is 10.3. The van der Waals surface area contributed by atoms with Crippen LogP contribution in [-0.4, -0.2) is 32.8 Å². The maximum absolute atomic E-state index is 13.3. The molecule has 1 amide bonds. The fourth-order valence-corrected chi connectivity index (χ4v) is 3.82. The third-order valence-electron chi connectivity index (χ3n) is 5.51. The van der Waals surface area contributed by atoms with Gasteiger partial charge < -0.3 is 5.11 Å². The Morgan fingerprint density at radius 2 is 1.83 bits per heavy atom. The molecule has 1 aliphatic rings. The number of benzene rings is 1. The Bertz CT molecular complexity index is 878. The number of hydrogen-bond acceptors (Lipinski definition) is 3. The van der Waals surface area contributed by atoms with E-state index in [-0.39, 0.29) is 29.2 Å². The van der Waals surface area contributed by atoms with Crippen LogP contribution in [0.3, 0.4) is 0 Å². The van der Waals surface area contributed by atoms with Gasteiger partial charge in [0.15, 0.2) is 5.82 Å². The molecule has 0 aliphatic heterocycles. The number of nitrogens with zero attached hydrogens (tertiary/aromatic N) is 3. The molecule has 1 saturated carbocycles. The summed E-state index contributed by atoms with van der Waals surface area (Å²) >= 11 is 0. The number of carbonyl (C=O) groups is 2. The number of carboxylic acid groups (broad SMARTS) is 1. The molecule has 0 saturated heterocycles. The molecule has 1 heterocycles. The summed E-state index contributed by atoms with van der Waals surface area (Å²) in [6, 6.07) is 9.52. The zero-order valence-electron chi connectivity index (χ0n) is 17.3. The molecule has 0 radical (unpaired) electrons. The van der Waals surface area contributed by atoms with Gasteiger partial charge in [0.2, 0.25) is 5.91 Å². The average molecular weight is 396 g/mol. The van der Waals surface area contributed by atoms with Crippen LogP contribution in [0.25, 0.3) is 12.3 Å². The standard InChI is InChI=1S/C23H29N3O3/c1-16(2)26(22(27)19-11-9-17(3)10-12-19)21-20(23(28)29)15-25(24-21)14-13-18-7-5-4-6-8-18/h4-8,13-17,19H,9-12H2,1-3H3,(H,28,29)/b14-13+. The van der Waals surface area contributed by atoms with Gasteiger partial charge >= 0.3 is 5.97 Å². The highest BCUT2D eigenvalue weighted by Gasteiger charge is 2.33. The van der Waals surface area contributed by atoms with E-state index in [1.54, 1.807) is 11.1 Å². The summed E-state index contributed by atoms with van der Waals surface area (Å²) in [5.74, 6) is -0.320. The van der Waals surface area contributed by atoms with Crippen molar-refractivity contribution in [3.63, 3.8) is 0 Å². The summed E-state index contributed by atoms with van der Waals surface area (Å²) < 4.78 is 1.47. The summed E-state index contributed by atoms with van der Waals surface area (Å²) in [5, 5.41) is 14.2. The summed E-state index contributed by atoms with van der Waals surface area (Å²) in [6.07, 6.45) is 8.77. The summed E-state index contributed by atoms with van der Waals surface area (Å²) in [4.78, 5) is 26.7. The molecule has 2 aromatic rings. The number of aromatic carboxylic acids is 1. The number of hydrogen-bond donors (Lipinski definition) is 1. The first kappa shape index (κ1) is 20.8. The lowest BCUT2D eigenvalue weighted by molar-refractivity contribution is -0.123. The Balaban J connectivity index is 1.91. The highest BCUT2D eigenvalue weighted by molar-refractivity contribution is 6.01. The Morgan fingerprint density at radius 1 is 1.17 bits per heavy atom. The summed E-state index contributed by atoms with van der Waals surface area (Å²) in [5.41, 5.74) is 1.02. The van der Waals surface area contributed by atoms with Crippen molar-refractivity contribution in [1.82, 2.24) is 9.78 Å². The van der Waals surface area contributed by atoms with Gasteiger partial charge in [0.25, 0.3) is 0 Å². The van der Waals surface area contributed by atoms with Crippen LogP contribution in [0.15, 0.2) is 36.5 Å². The minimum Gasteiger partial charge on any atom is -0.477 e. The molecule has 154 valence electrons. The van der Waals surface area contributed by atoms with E-state index in [1.807, 2.05) is 50.3 Å². The van der Waals surface area contributed by atoms with Crippen molar-refractivity contribution >= 4 is 30.0 Å². The fraction of sp³-hybridized carbons (Fsp3) is 0.435. The van der Waals surface area contributed by atoms with Gasteiger partial charge in [0.1, 0.15) is 5.56 Å². The second kappa shape index (κ2) is 9.07. The van der Waals surface area contributed by atoms with E-state index in [9.17, 15) is 14.7 Å². The van der Waals surface area contributed by atoms with Crippen LogP contribution in [0, 0.1) is 11.8 Å². The Morgan fingerprint density at radius 3 is 2.41 bits per heavy atom. The normalized spacial score (nSPS) is 19.6. The fourth-order valence-electron chi connectivity index (χ4n) is 3.82. The number of carbonyl (C=O) groups excluding carboxylic acids is 1. The van der Waals surface area contributed by atoms with Crippen molar-refractivity contribution in [2.45, 2.75) is 52.5 Å². The molecule has 0 atom stereocenters. The second-order valence-electron chi connectivity index (χ2n) is 8.14. The van der Waals surface area contributed by atoms with E-state index < -0.39 is 5.97 Å². The van der Waals surface area contributed by atoms with Crippen LogP contribution in [-0.2, 0) is 4.79 Å². The number of carboxylic acids is 1. The SMILES string of the molecule is CC1CCC(C(=O)N(c2nn(/C=C/c3ccccc3)cc2C(=O)O)C(C)C)CC1. The Kier molecular flexibility index (Phi) is 6.52. The van der Waals surface area contributed by atoms with Gasteiger partial charge in [0.05, 0.1) is 0 Å². The van der Waals surface area contributed by atoms with E-state index in [0.717, 1.165) is 31.2 Å². The number of aromatic nitrogens is 2. The van der Waals surface area contributed by atoms with Gasteiger partial charge in [-0.2, -0.15) is 0 Å². The average Bonchev–Trinajstić information content (AvgIpc) is 3.11. The molecule has 1 aliphatic carbocycles. The number of rotatable bonds is 6. The van der Waals surface area contributed by atoms with Crippen LogP contribution in [0.1, 0.15) is 62.4 Å². The summed E-state index contributed by atoms with van der Waals surface area (Å²) in [6.45, 7) is 6.01. The predicted octanol–water partition coefficient (Wildman–Crippen LogP) is 4.78. The molecule has 29 heavy (non-hydrogen) atoms. The summed E-state index contributed by atoms with van der Waals surface area (Å²) in [7, 11) is 0. The molecule has 1 N–H and O–H groups in total. The lowest BCUT2D eigenvalue weighted by Crippen LogP contribution is -2.43. The van der Waals surface area contributed by atoms with Gasteiger partial charge in [-0.05, 0) is 57.1 Å². The van der Waals surface area contributed by atoms with Crippen molar-refractivity contribution < 1.29 is 14.7 Å². The molecule has 1 aromatic carbocycles. The molecule has 0 unspecified atom stereocenters. The third-order valence-corrected chi connectivity index (χ3v) is 5.51. The predicted molar refractivity (Wildman–Crippen MR) is 115 cm³/mol. The molecule has 6 nitrogen and oxygen atoms in total. The van der Waals surface area contributed by atoms with Crippen molar-refractivity contribution in [2.75, 3.05) is 4.90 Å². The Labute approximate surface area is 171 Å². The monoisotopic (exact) mass is 395 g/mol. The van der Waals surface area contributed by atoms with E-state index in [4.69, 9.17) is 0 Å². The highest BCUT2D eigenvalue weighted by Crippen LogP contribution is 2.32. The second-order valence-corrected chi connectivity index (χ2v) is 8.14. The first-order valence-corrected chi connectivity index (χ1v) is 10.3. The van der Waals surface area contributed by atoms with Crippen LogP contribution in [0.5, 0.6) is 0 Å². The largest absolute Gasteiger partial charge is 0.477 e. The lowest BCUT2D eigenvalue weighted by Gasteiger charge is -2.32. The van der Waals surface area contributed by atoms with Gasteiger partial charge in [-0.25, -0.2) is 9.48 Å². The molecule has 1 fully saturated rings. The minimum absolute atomic E-state index is 0.0216. The highest BCUT2D eigenvalue weighted by atomic mass is 16.4. The first-order chi connectivity index (χ1) is 13.9. The minimum atomic E-state index is -1.09. The van der Waals surface area contributed by atoms with E-state index >= 15 is 0 Å². The van der Waals surface area contributed by atoms with E-state index in [1.165, 1.54) is 10.9 Å². The van der Waals surface area contributed by atoms with Crippen molar-refractivity contribution in [1.29, 1.82) is 0 Å². The van der Waals surface area contributed by atoms with E-state index in [2.05, 4.69) is 12.0 Å². The molecular weight excluding hydrogens is 366 g/mol. The van der Waals surface area contributed by atoms with Gasteiger partial charge in [-0.3, -0.25) is 9.69 Å². The molecule has 3 rings (SSSR count). The van der Waals surface area contributed by atoms with Crippen molar-refractivity contribution in [3.05, 3.63) is 47.7 Å². The maximum atomic E-state index is 13.3. The van der Waals surface area contributed by atoms with Crippen LogP contribution >= 0.6 is 0 Å². The van der Waals surface area contributed by atoms with Gasteiger partial charge in [0, 0.05) is 24.4 Å². The van der Waals surface area contributed by atoms with Crippen LogP contribution in [0.2, 0.25) is 0 Å². The lowest BCUT2D eigenvalue weighted by atomic mass is 9.82. The smallest absolute Gasteiger partial charge is 0.341 e. The molecule has 1 aromatic heterocycles. The molecule has 0 bridgehead atoms. The van der Waals surface area contributed by atoms with Gasteiger partial charge in [-0.15, -0.1) is 5.10 Å². The van der Waals surface area contributed by atoms with Crippen molar-refractivity contribution in [2.24, 2.45) is 11.8 Å². The zero-order valence-corrected chi connectivity index (χ0v) is 17.3. The third kappa shape index (κ3) is 4.94. The van der Waals surface area contributed by atoms with Gasteiger partial charge in [-0.1, -0.05) is 37.3 Å². The maximum Gasteiger partial charge on any atom is 0.341 e. The van der Waals surface area contributed by atoms with Crippen LogP contribution in [0.4, 0.5) is 5.82 Å². The van der Waals surface area contributed by atoms with Crippen molar-refractivity contribution in [3.8, 4) is 0 Å². The zero-order chi connectivity index (χ0) is 21.0. The van der Waals surface area contributed by atoms with Crippen LogP contribution < -0.4 is 4.90 Å².